The molecule has 0 amide bonds. The number of hydrogen-bond acceptors (Lipinski definition) is 6. The van der Waals surface area contributed by atoms with E-state index in [0.29, 0.717) is 45.2 Å². The van der Waals surface area contributed by atoms with E-state index in [2.05, 4.69) is 0 Å². The molecular formula is C22H15ClO5S. The molecule has 1 unspecified atom stereocenters. The Morgan fingerprint density at radius 2 is 1.86 bits per heavy atom. The van der Waals surface area contributed by atoms with Crippen molar-refractivity contribution in [1.29, 1.82) is 0 Å². The van der Waals surface area contributed by atoms with Crippen molar-refractivity contribution in [2.24, 2.45) is 0 Å². The first kappa shape index (κ1) is 18.2. The molecule has 0 spiro atoms. The average molecular weight is 427 g/mol. The van der Waals surface area contributed by atoms with Crippen LogP contribution in [0.1, 0.15) is 16.7 Å². The van der Waals surface area contributed by atoms with Crippen LogP contribution in [0.3, 0.4) is 0 Å². The summed E-state index contributed by atoms with van der Waals surface area (Å²) in [6.07, 6.45) is 0.359. The van der Waals surface area contributed by atoms with Crippen LogP contribution in [0, 0.1) is 0 Å². The van der Waals surface area contributed by atoms with E-state index >= 15 is 0 Å². The summed E-state index contributed by atoms with van der Waals surface area (Å²) in [6, 6.07) is 13.8. The van der Waals surface area contributed by atoms with E-state index in [1.165, 1.54) is 0 Å². The van der Waals surface area contributed by atoms with E-state index in [0.717, 1.165) is 5.56 Å². The summed E-state index contributed by atoms with van der Waals surface area (Å²) in [7, 11) is 0. The number of carbonyl (C=O) groups excluding carboxylic acids is 1. The molecular weight excluding hydrogens is 412 g/mol. The van der Waals surface area contributed by atoms with E-state index in [4.69, 9.17) is 25.8 Å². The fourth-order valence-electron chi connectivity index (χ4n) is 3.60. The van der Waals surface area contributed by atoms with Crippen molar-refractivity contribution in [2.45, 2.75) is 12.2 Å². The van der Waals surface area contributed by atoms with Gasteiger partial charge in [-0.2, -0.15) is 11.3 Å². The van der Waals surface area contributed by atoms with Crippen LogP contribution in [-0.4, -0.2) is 17.9 Å². The Morgan fingerprint density at radius 3 is 2.62 bits per heavy atom. The van der Waals surface area contributed by atoms with Crippen LogP contribution in [0.5, 0.6) is 11.5 Å². The number of fused-ring (bicyclic) bond motifs is 1. The Balaban J connectivity index is 1.68. The first-order valence-electron chi connectivity index (χ1n) is 8.91. The van der Waals surface area contributed by atoms with Crippen molar-refractivity contribution < 1.29 is 24.1 Å². The highest BCUT2D eigenvalue weighted by Gasteiger charge is 2.48. The highest BCUT2D eigenvalue weighted by molar-refractivity contribution is 7.07. The molecule has 5 rings (SSSR count). The van der Waals surface area contributed by atoms with E-state index < -0.39 is 11.8 Å². The van der Waals surface area contributed by atoms with Crippen molar-refractivity contribution in [3.63, 3.8) is 0 Å². The number of halogens is 1. The number of esters is 1. The number of ether oxygens (including phenoxy) is 3. The molecule has 0 aliphatic carbocycles. The van der Waals surface area contributed by atoms with Crippen LogP contribution in [0.15, 0.2) is 64.9 Å². The van der Waals surface area contributed by atoms with Gasteiger partial charge in [-0.05, 0) is 52.2 Å². The smallest absolute Gasteiger partial charge is 0.342 e. The fraction of sp³-hybridized carbons (Fsp3) is 0.136. The molecule has 0 radical (unpaired) electrons. The van der Waals surface area contributed by atoms with Crippen molar-refractivity contribution in [3.05, 3.63) is 86.6 Å². The third kappa shape index (κ3) is 3.09. The summed E-state index contributed by atoms with van der Waals surface area (Å²) in [4.78, 5) is 12.9. The average Bonchev–Trinajstić information content (AvgIpc) is 3.43. The van der Waals surface area contributed by atoms with E-state index in [-0.39, 0.29) is 6.79 Å². The largest absolute Gasteiger partial charge is 0.454 e. The number of cyclic esters (lactones) is 1. The molecule has 0 fully saturated rings. The molecule has 1 N–H and O–H groups in total. The predicted octanol–water partition coefficient (Wildman–Crippen LogP) is 4.53. The van der Waals surface area contributed by atoms with Gasteiger partial charge in [0.1, 0.15) is 0 Å². The van der Waals surface area contributed by atoms with Crippen molar-refractivity contribution >= 4 is 34.5 Å². The van der Waals surface area contributed by atoms with Gasteiger partial charge in [-0.25, -0.2) is 4.79 Å². The predicted molar refractivity (Wildman–Crippen MR) is 109 cm³/mol. The Labute approximate surface area is 175 Å². The monoisotopic (exact) mass is 426 g/mol. The molecule has 2 aliphatic heterocycles. The van der Waals surface area contributed by atoms with Gasteiger partial charge < -0.3 is 19.3 Å². The van der Waals surface area contributed by atoms with E-state index in [9.17, 15) is 9.90 Å². The summed E-state index contributed by atoms with van der Waals surface area (Å²) in [6.45, 7) is 0.138. The van der Waals surface area contributed by atoms with Gasteiger partial charge in [0.2, 0.25) is 6.79 Å². The number of thiophene rings is 1. The van der Waals surface area contributed by atoms with Crippen LogP contribution in [0.25, 0.3) is 5.57 Å². The first-order valence-corrected chi connectivity index (χ1v) is 10.2. The van der Waals surface area contributed by atoms with Gasteiger partial charge in [-0.15, -0.1) is 0 Å². The summed E-state index contributed by atoms with van der Waals surface area (Å²) in [5.74, 6) is -1.30. The molecule has 1 atom stereocenters. The molecule has 1 aromatic heterocycles. The topological polar surface area (TPSA) is 65.0 Å². The quantitative estimate of drug-likeness (QED) is 0.621. The summed E-state index contributed by atoms with van der Waals surface area (Å²) in [5.41, 5.74) is 2.83. The Hall–Kier alpha value is -2.80. The third-order valence-corrected chi connectivity index (χ3v) is 6.00. The lowest BCUT2D eigenvalue weighted by Crippen LogP contribution is -2.29. The van der Waals surface area contributed by atoms with Crippen LogP contribution >= 0.6 is 22.9 Å². The molecule has 0 bridgehead atoms. The second kappa shape index (κ2) is 6.91. The van der Waals surface area contributed by atoms with Gasteiger partial charge in [0.15, 0.2) is 11.5 Å². The van der Waals surface area contributed by atoms with Gasteiger partial charge in [0, 0.05) is 22.6 Å². The minimum Gasteiger partial charge on any atom is -0.454 e. The third-order valence-electron chi connectivity index (χ3n) is 5.01. The maximum atomic E-state index is 12.9. The zero-order chi connectivity index (χ0) is 20.0. The molecule has 5 nitrogen and oxygen atoms in total. The highest BCUT2D eigenvalue weighted by atomic mass is 35.5. The van der Waals surface area contributed by atoms with Crippen LogP contribution < -0.4 is 9.47 Å². The molecule has 3 aromatic rings. The SMILES string of the molecule is O=C1OC(O)(c2ccc(Cl)cc2)C(Cc2ccsc2)=C1c1ccc2c(c1)OCO2. The van der Waals surface area contributed by atoms with Gasteiger partial charge in [0.25, 0.3) is 5.79 Å². The minimum absolute atomic E-state index is 0.138. The molecule has 2 aliphatic rings. The Morgan fingerprint density at radius 1 is 1.07 bits per heavy atom. The lowest BCUT2D eigenvalue weighted by molar-refractivity contribution is -0.185. The molecule has 146 valence electrons. The number of rotatable bonds is 4. The highest BCUT2D eigenvalue weighted by Crippen LogP contribution is 2.46. The molecule has 0 saturated carbocycles. The van der Waals surface area contributed by atoms with Crippen molar-refractivity contribution in [1.82, 2.24) is 0 Å². The molecule has 2 aromatic carbocycles. The Bertz CT molecular complexity index is 1120. The zero-order valence-electron chi connectivity index (χ0n) is 15.1. The number of hydrogen-bond donors (Lipinski definition) is 1. The van der Waals surface area contributed by atoms with Crippen LogP contribution in [0.2, 0.25) is 5.02 Å². The number of aliphatic hydroxyl groups is 1. The first-order chi connectivity index (χ1) is 14.0. The van der Waals surface area contributed by atoms with Gasteiger partial charge in [-0.3, -0.25) is 0 Å². The minimum atomic E-state index is -1.88. The molecule has 29 heavy (non-hydrogen) atoms. The van der Waals surface area contributed by atoms with Crippen molar-refractivity contribution in [3.8, 4) is 11.5 Å². The summed E-state index contributed by atoms with van der Waals surface area (Å²) in [5, 5.41) is 16.0. The van der Waals surface area contributed by atoms with Crippen LogP contribution in [-0.2, 0) is 21.7 Å². The maximum Gasteiger partial charge on any atom is 0.342 e. The van der Waals surface area contributed by atoms with Gasteiger partial charge in [0.05, 0.1) is 5.57 Å². The van der Waals surface area contributed by atoms with E-state index in [1.807, 2.05) is 16.8 Å². The van der Waals surface area contributed by atoms with Gasteiger partial charge in [-0.1, -0.05) is 29.8 Å². The second-order valence-electron chi connectivity index (χ2n) is 6.77. The van der Waals surface area contributed by atoms with Crippen molar-refractivity contribution in [2.75, 3.05) is 6.79 Å². The summed E-state index contributed by atoms with van der Waals surface area (Å²) >= 11 is 7.55. The van der Waals surface area contributed by atoms with Crippen LogP contribution in [0.4, 0.5) is 0 Å². The summed E-state index contributed by atoms with van der Waals surface area (Å²) < 4.78 is 16.4. The maximum absolute atomic E-state index is 12.9. The number of carbonyl (C=O) groups is 1. The lowest BCUT2D eigenvalue weighted by Gasteiger charge is -2.25. The zero-order valence-corrected chi connectivity index (χ0v) is 16.6. The molecule has 7 heteroatoms. The number of benzene rings is 2. The standard InChI is InChI=1S/C22H15ClO5S/c23-16-4-2-15(3-5-16)22(25)17(9-13-7-8-29-11-13)20(21(24)28-22)14-1-6-18-19(10-14)27-12-26-18/h1-8,10-11,25H,9,12H2. The molecule has 3 heterocycles. The second-order valence-corrected chi connectivity index (χ2v) is 7.99. The normalized spacial score (nSPS) is 20.3. The lowest BCUT2D eigenvalue weighted by atomic mass is 9.88. The molecule has 0 saturated heterocycles. The van der Waals surface area contributed by atoms with Gasteiger partial charge >= 0.3 is 5.97 Å². The fourth-order valence-corrected chi connectivity index (χ4v) is 4.39. The van der Waals surface area contributed by atoms with E-state index in [1.54, 1.807) is 53.8 Å². The Kier molecular flexibility index (Phi) is 4.35.